The first-order valence-corrected chi connectivity index (χ1v) is 8.46. The van der Waals surface area contributed by atoms with Gasteiger partial charge in [0.2, 0.25) is 11.9 Å². The van der Waals surface area contributed by atoms with Crippen LogP contribution in [0.25, 0.3) is 11.4 Å². The molecule has 8 heteroatoms. The van der Waals surface area contributed by atoms with Crippen LogP contribution in [0.1, 0.15) is 17.8 Å². The number of amides is 1. The normalized spacial score (nSPS) is 16.5. The van der Waals surface area contributed by atoms with Gasteiger partial charge in [0.05, 0.1) is 5.57 Å². The third-order valence-corrected chi connectivity index (χ3v) is 4.96. The van der Waals surface area contributed by atoms with E-state index in [0.717, 1.165) is 4.88 Å². The number of anilines is 1. The van der Waals surface area contributed by atoms with Crippen molar-refractivity contribution in [2.45, 2.75) is 13.0 Å². The zero-order valence-corrected chi connectivity index (χ0v) is 14.0. The molecule has 0 spiro atoms. The highest BCUT2D eigenvalue weighted by molar-refractivity contribution is 7.10. The van der Waals surface area contributed by atoms with Crippen molar-refractivity contribution >= 4 is 23.2 Å². The van der Waals surface area contributed by atoms with Crippen LogP contribution in [0, 0.1) is 5.82 Å². The standard InChI is InChI=1S/C17H14FN5OS/c1-9-13(15(19)24)14(12-3-2-8-25-12)23-17(20-9)21-16(22-23)10-4-6-11(18)7-5-10/h2-8,14H,1H3,(H2,19,24)(H,20,21,22)/t14-/m0/s1. The predicted molar refractivity (Wildman–Crippen MR) is 93.4 cm³/mol. The number of allylic oxidation sites excluding steroid dienone is 1. The Bertz CT molecular complexity index is 975. The molecule has 0 unspecified atom stereocenters. The lowest BCUT2D eigenvalue weighted by Gasteiger charge is -2.26. The van der Waals surface area contributed by atoms with Crippen LogP contribution < -0.4 is 11.1 Å². The molecule has 1 aromatic carbocycles. The van der Waals surface area contributed by atoms with Crippen molar-refractivity contribution in [2.24, 2.45) is 5.73 Å². The Morgan fingerprint density at radius 3 is 2.72 bits per heavy atom. The van der Waals surface area contributed by atoms with E-state index in [2.05, 4.69) is 15.4 Å². The van der Waals surface area contributed by atoms with Gasteiger partial charge in [-0.1, -0.05) is 6.07 Å². The highest BCUT2D eigenvalue weighted by atomic mass is 32.1. The third-order valence-electron chi connectivity index (χ3n) is 4.03. The van der Waals surface area contributed by atoms with Gasteiger partial charge in [-0.15, -0.1) is 16.4 Å². The van der Waals surface area contributed by atoms with E-state index in [1.54, 1.807) is 23.7 Å². The number of aromatic nitrogens is 3. The van der Waals surface area contributed by atoms with Crippen molar-refractivity contribution < 1.29 is 9.18 Å². The SMILES string of the molecule is CC1=C(C(N)=O)[C@H](c2cccs2)n2nc(-c3ccc(F)cc3)nc2N1. The Labute approximate surface area is 146 Å². The molecule has 25 heavy (non-hydrogen) atoms. The lowest BCUT2D eigenvalue weighted by atomic mass is 10.0. The molecule has 3 aromatic rings. The zero-order valence-electron chi connectivity index (χ0n) is 13.2. The van der Waals surface area contributed by atoms with Crippen LogP contribution in [0.2, 0.25) is 0 Å². The maximum absolute atomic E-state index is 13.2. The molecule has 0 bridgehead atoms. The summed E-state index contributed by atoms with van der Waals surface area (Å²) in [4.78, 5) is 17.4. The molecule has 126 valence electrons. The van der Waals surface area contributed by atoms with Gasteiger partial charge in [0.1, 0.15) is 11.9 Å². The maximum atomic E-state index is 13.2. The second kappa shape index (κ2) is 5.82. The van der Waals surface area contributed by atoms with Gasteiger partial charge in [-0.2, -0.15) is 4.98 Å². The van der Waals surface area contributed by atoms with Crippen molar-refractivity contribution in [2.75, 3.05) is 5.32 Å². The Morgan fingerprint density at radius 2 is 2.08 bits per heavy atom. The minimum absolute atomic E-state index is 0.323. The average Bonchev–Trinajstić information content (AvgIpc) is 3.23. The number of nitrogens with zero attached hydrogens (tertiary/aromatic N) is 3. The van der Waals surface area contributed by atoms with Gasteiger partial charge < -0.3 is 11.1 Å². The lowest BCUT2D eigenvalue weighted by molar-refractivity contribution is -0.115. The van der Waals surface area contributed by atoms with E-state index in [1.807, 2.05) is 17.5 Å². The number of carbonyl (C=O) groups excluding carboxylic acids is 1. The molecule has 1 atom stereocenters. The van der Waals surface area contributed by atoms with E-state index in [-0.39, 0.29) is 5.82 Å². The summed E-state index contributed by atoms with van der Waals surface area (Å²) in [7, 11) is 0. The van der Waals surface area contributed by atoms with Crippen molar-refractivity contribution in [3.8, 4) is 11.4 Å². The molecule has 1 aliphatic heterocycles. The van der Waals surface area contributed by atoms with Gasteiger partial charge >= 0.3 is 0 Å². The van der Waals surface area contributed by atoms with Gasteiger partial charge in [0, 0.05) is 16.1 Å². The maximum Gasteiger partial charge on any atom is 0.248 e. The third kappa shape index (κ3) is 2.60. The number of hydrogen-bond acceptors (Lipinski definition) is 5. The summed E-state index contributed by atoms with van der Waals surface area (Å²) in [5, 5.41) is 9.56. The van der Waals surface area contributed by atoms with Crippen LogP contribution in [-0.2, 0) is 4.79 Å². The molecular weight excluding hydrogens is 341 g/mol. The predicted octanol–water partition coefficient (Wildman–Crippen LogP) is 2.92. The molecule has 4 rings (SSSR count). The number of nitrogens with one attached hydrogen (secondary N) is 1. The largest absolute Gasteiger partial charge is 0.366 e. The quantitative estimate of drug-likeness (QED) is 0.756. The summed E-state index contributed by atoms with van der Waals surface area (Å²) in [6, 6.07) is 9.36. The van der Waals surface area contributed by atoms with Gasteiger partial charge in [-0.3, -0.25) is 4.79 Å². The Balaban J connectivity index is 1.86. The number of fused-ring (bicyclic) bond motifs is 1. The minimum atomic E-state index is -0.507. The van der Waals surface area contributed by atoms with E-state index >= 15 is 0 Å². The van der Waals surface area contributed by atoms with Gasteiger partial charge in [0.15, 0.2) is 5.82 Å². The molecule has 6 nitrogen and oxygen atoms in total. The number of benzene rings is 1. The molecule has 0 aliphatic carbocycles. The molecular formula is C17H14FN5OS. The van der Waals surface area contributed by atoms with E-state index in [9.17, 15) is 9.18 Å². The first-order valence-electron chi connectivity index (χ1n) is 7.58. The molecule has 2 aromatic heterocycles. The summed E-state index contributed by atoms with van der Waals surface area (Å²) in [6.45, 7) is 1.79. The number of halogens is 1. The molecule has 0 saturated heterocycles. The smallest absolute Gasteiger partial charge is 0.248 e. The van der Waals surface area contributed by atoms with Crippen LogP contribution in [0.5, 0.6) is 0 Å². The Kier molecular flexibility index (Phi) is 3.61. The number of rotatable bonds is 3. The molecule has 3 heterocycles. The van der Waals surface area contributed by atoms with E-state index in [1.165, 1.54) is 23.5 Å². The van der Waals surface area contributed by atoms with Gasteiger partial charge in [-0.25, -0.2) is 9.07 Å². The van der Waals surface area contributed by atoms with E-state index in [0.29, 0.717) is 28.6 Å². The van der Waals surface area contributed by atoms with E-state index in [4.69, 9.17) is 5.73 Å². The van der Waals surface area contributed by atoms with Crippen molar-refractivity contribution in [3.63, 3.8) is 0 Å². The summed E-state index contributed by atoms with van der Waals surface area (Å²) >= 11 is 1.52. The Morgan fingerprint density at radius 1 is 1.32 bits per heavy atom. The lowest BCUT2D eigenvalue weighted by Crippen LogP contribution is -2.31. The zero-order chi connectivity index (χ0) is 17.6. The Hall–Kier alpha value is -3.00. The molecule has 1 aliphatic rings. The van der Waals surface area contributed by atoms with Crippen LogP contribution in [-0.4, -0.2) is 20.7 Å². The molecule has 0 saturated carbocycles. The van der Waals surface area contributed by atoms with Crippen LogP contribution in [0.15, 0.2) is 53.0 Å². The number of nitrogens with two attached hydrogens (primary N) is 1. The second-order valence-electron chi connectivity index (χ2n) is 5.66. The topological polar surface area (TPSA) is 85.8 Å². The summed E-state index contributed by atoms with van der Waals surface area (Å²) in [5.74, 6) is 0.131. The fourth-order valence-electron chi connectivity index (χ4n) is 2.90. The molecule has 0 radical (unpaired) electrons. The highest BCUT2D eigenvalue weighted by Crippen LogP contribution is 2.37. The van der Waals surface area contributed by atoms with Gasteiger partial charge in [0.25, 0.3) is 0 Å². The summed E-state index contributed by atoms with van der Waals surface area (Å²) in [6.07, 6.45) is 0. The second-order valence-corrected chi connectivity index (χ2v) is 6.64. The molecule has 0 fully saturated rings. The molecule has 3 N–H and O–H groups in total. The fraction of sp³-hybridized carbons (Fsp3) is 0.118. The fourth-order valence-corrected chi connectivity index (χ4v) is 3.72. The summed E-state index contributed by atoms with van der Waals surface area (Å²) < 4.78 is 14.8. The van der Waals surface area contributed by atoms with Crippen molar-refractivity contribution in [1.82, 2.24) is 14.8 Å². The van der Waals surface area contributed by atoms with Gasteiger partial charge in [-0.05, 0) is 42.6 Å². The number of thiophene rings is 1. The minimum Gasteiger partial charge on any atom is -0.366 e. The molecule has 1 amide bonds. The van der Waals surface area contributed by atoms with Crippen molar-refractivity contribution in [3.05, 3.63) is 63.7 Å². The van der Waals surface area contributed by atoms with E-state index < -0.39 is 11.9 Å². The highest BCUT2D eigenvalue weighted by Gasteiger charge is 2.33. The van der Waals surface area contributed by atoms with Crippen LogP contribution in [0.4, 0.5) is 10.3 Å². The first-order chi connectivity index (χ1) is 12.0. The van der Waals surface area contributed by atoms with Crippen LogP contribution in [0.3, 0.4) is 0 Å². The van der Waals surface area contributed by atoms with Crippen molar-refractivity contribution in [1.29, 1.82) is 0 Å². The first kappa shape index (κ1) is 15.5. The number of carbonyl (C=O) groups is 1. The van der Waals surface area contributed by atoms with Crippen LogP contribution >= 0.6 is 11.3 Å². The summed E-state index contributed by atoms with van der Waals surface area (Å²) in [5.41, 5.74) is 7.40. The number of primary amides is 1. The average molecular weight is 355 g/mol. The number of hydrogen-bond donors (Lipinski definition) is 2. The monoisotopic (exact) mass is 355 g/mol.